The van der Waals surface area contributed by atoms with E-state index in [9.17, 15) is 32.0 Å². The van der Waals surface area contributed by atoms with Gasteiger partial charge in [-0.25, -0.2) is 59.8 Å². The van der Waals surface area contributed by atoms with E-state index in [1.54, 1.807) is 111 Å². The van der Waals surface area contributed by atoms with Crippen LogP contribution in [0.5, 0.6) is 0 Å². The van der Waals surface area contributed by atoms with Crippen LogP contribution in [0.25, 0.3) is 20.9 Å². The third kappa shape index (κ3) is 18.7. The molecule has 27 heteroatoms. The van der Waals surface area contributed by atoms with Crippen molar-refractivity contribution < 1.29 is 49.9 Å². The first-order chi connectivity index (χ1) is 41.1. The van der Waals surface area contributed by atoms with Gasteiger partial charge in [-0.15, -0.1) is 22.7 Å². The average molecular weight is 1270 g/mol. The van der Waals surface area contributed by atoms with Crippen LogP contribution >= 0.6 is 22.7 Å². The van der Waals surface area contributed by atoms with Gasteiger partial charge in [-0.05, 0) is 162 Å². The average Bonchev–Trinajstić information content (AvgIpc) is 1.89. The van der Waals surface area contributed by atoms with E-state index in [0.717, 1.165) is 17.8 Å². The molecule has 0 spiro atoms. The fourth-order valence-corrected chi connectivity index (χ4v) is 16.2. The van der Waals surface area contributed by atoms with Crippen LogP contribution in [0.3, 0.4) is 0 Å². The minimum absolute atomic E-state index is 0.00201. The molecule has 0 saturated heterocycles. The Balaban J connectivity index is 1.13. The molecule has 0 bridgehead atoms. The quantitative estimate of drug-likeness (QED) is 0.0332. The number of hydrogen-bond acceptors (Lipinski definition) is 16. The van der Waals surface area contributed by atoms with Gasteiger partial charge >= 0.3 is 24.2 Å². The Morgan fingerprint density at radius 2 is 1.16 bits per heavy atom. The summed E-state index contributed by atoms with van der Waals surface area (Å²) in [6.45, 7) is 15.5. The number of carbonyl (C=O) groups is 4. The smallest absolute Gasteiger partial charge is 0.407 e. The monoisotopic (exact) mass is 1270 g/mol. The molecule has 6 amide bonds. The number of benzene rings is 2. The highest BCUT2D eigenvalue weighted by atomic mass is 32.2. The second-order valence-corrected chi connectivity index (χ2v) is 29.4. The van der Waals surface area contributed by atoms with Crippen molar-refractivity contribution in [2.45, 2.75) is 190 Å². The number of anilines is 2. The fourth-order valence-electron chi connectivity index (χ4n) is 10.4. The number of halogens is 1. The molecule has 0 atom stereocenters. The molecule has 0 unspecified atom stereocenters. The maximum absolute atomic E-state index is 15.3. The summed E-state index contributed by atoms with van der Waals surface area (Å²) in [5, 5.41) is 18.2. The first kappa shape index (κ1) is 65.8. The zero-order valence-electron chi connectivity index (χ0n) is 50.2. The third-order valence-corrected chi connectivity index (χ3v) is 20.2. The lowest BCUT2D eigenvalue weighted by Gasteiger charge is -2.28. The molecule has 87 heavy (non-hydrogen) atoms. The molecule has 0 aliphatic heterocycles. The van der Waals surface area contributed by atoms with E-state index in [1.807, 2.05) is 0 Å². The van der Waals surface area contributed by atoms with Crippen LogP contribution in [0.2, 0.25) is 0 Å². The lowest BCUT2D eigenvalue weighted by Crippen LogP contribution is -2.45. The molecule has 2 fully saturated rings. The predicted molar refractivity (Wildman–Crippen MR) is 333 cm³/mol. The van der Waals surface area contributed by atoms with Gasteiger partial charge in [0, 0.05) is 82.5 Å². The molecule has 8 rings (SSSR count). The molecule has 2 aliphatic carbocycles. The predicted octanol–water partition coefficient (Wildman–Crippen LogP) is 11.2. The van der Waals surface area contributed by atoms with Crippen molar-refractivity contribution in [3.8, 4) is 20.9 Å². The van der Waals surface area contributed by atoms with Crippen molar-refractivity contribution in [1.82, 2.24) is 50.6 Å². The van der Waals surface area contributed by atoms with Gasteiger partial charge in [-0.2, -0.15) is 0 Å². The number of carbonyl (C=O) groups excluding carboxylic acids is 4. The van der Waals surface area contributed by atoms with Crippen molar-refractivity contribution in [3.63, 3.8) is 0 Å². The Bertz CT molecular complexity index is 3640. The van der Waals surface area contributed by atoms with Crippen LogP contribution in [0.1, 0.15) is 153 Å². The number of aromatic nitrogens is 4. The highest BCUT2D eigenvalue weighted by Crippen LogP contribution is 2.44. The largest absolute Gasteiger partial charge is 0.447 e. The van der Waals surface area contributed by atoms with Crippen LogP contribution in [0, 0.1) is 5.82 Å². The Morgan fingerprint density at radius 1 is 0.621 bits per heavy atom. The summed E-state index contributed by atoms with van der Waals surface area (Å²) in [6, 6.07) is 15.5. The van der Waals surface area contributed by atoms with Crippen LogP contribution < -0.4 is 41.3 Å². The van der Waals surface area contributed by atoms with Crippen molar-refractivity contribution in [2.24, 2.45) is 0 Å². The van der Waals surface area contributed by atoms with Crippen molar-refractivity contribution in [2.75, 3.05) is 10.6 Å². The van der Waals surface area contributed by atoms with Crippen LogP contribution in [-0.2, 0) is 49.0 Å². The Hall–Kier alpha value is -7.17. The summed E-state index contributed by atoms with van der Waals surface area (Å²) < 4.78 is 90.8. The number of thiazole rings is 2. The number of hydrogen-bond donors (Lipinski definition) is 8. The number of nitrogens with zero attached hydrogens (tertiary/aromatic N) is 4. The highest BCUT2D eigenvalue weighted by Gasteiger charge is 2.36. The summed E-state index contributed by atoms with van der Waals surface area (Å²) in [7, 11) is -8.92. The second kappa shape index (κ2) is 28.3. The van der Waals surface area contributed by atoms with E-state index < -0.39 is 61.2 Å². The van der Waals surface area contributed by atoms with E-state index >= 15 is 8.42 Å². The molecule has 2 saturated carbocycles. The fraction of sp³-hybridized carbons (Fsp3) is 0.467. The molecule has 2 aliphatic rings. The Kier molecular flexibility index (Phi) is 21.4. The standard InChI is InChI=1S/C60H77FN12O10S4/c1-35(2)82-57(76)69-39-19-15-37(16-20-39)53-64-34-49(84-53)44-25-23-41(67-55(74)65-32-43-13-10-11-27-62-43)29-50(44)87(80,81)73-60(8,9)31-47-52(85-54(71-47)38-17-21-40(22-18-38)70-58(77)83-36(3)4)45-26-24-42(30-51(45)86(78,79)72-59(5,6)7)68-56(75)66-33-48-46(61)14-12-28-63-48/h10-14,23-30,34-40,72-73H,15-22,31-33H2,1-9H3,(H,69,76)(H,70,77)(H2,65,67,74)(H2,66,68,75)/t37-,38-,39-,40-. The zero-order chi connectivity index (χ0) is 62.8. The van der Waals surface area contributed by atoms with Gasteiger partial charge in [0.05, 0.1) is 71.9 Å². The van der Waals surface area contributed by atoms with Gasteiger partial charge in [-0.3, -0.25) is 9.97 Å². The lowest BCUT2D eigenvalue weighted by molar-refractivity contribution is 0.108. The molecule has 2 aromatic carbocycles. The van der Waals surface area contributed by atoms with E-state index in [4.69, 9.17) is 19.4 Å². The van der Waals surface area contributed by atoms with Crippen molar-refractivity contribution in [3.05, 3.63) is 118 Å². The van der Waals surface area contributed by atoms with Gasteiger partial charge < -0.3 is 41.4 Å². The molecule has 0 radical (unpaired) electrons. The molecule has 6 aromatic rings. The first-order valence-corrected chi connectivity index (χ1v) is 33.5. The lowest BCUT2D eigenvalue weighted by atomic mass is 9.86. The van der Waals surface area contributed by atoms with Crippen LogP contribution in [-0.4, -0.2) is 96.4 Å². The number of amides is 6. The number of ether oxygens (including phenoxy) is 2. The van der Waals surface area contributed by atoms with Gasteiger partial charge in [0.15, 0.2) is 0 Å². The first-order valence-electron chi connectivity index (χ1n) is 28.9. The normalized spacial score (nSPS) is 17.5. The number of rotatable bonds is 21. The van der Waals surface area contributed by atoms with E-state index in [-0.39, 0.29) is 88.1 Å². The van der Waals surface area contributed by atoms with Gasteiger partial charge in [0.1, 0.15) is 5.82 Å². The molecule has 4 aromatic heterocycles. The number of urea groups is 2. The van der Waals surface area contributed by atoms with Gasteiger partial charge in [0.25, 0.3) is 0 Å². The van der Waals surface area contributed by atoms with Crippen LogP contribution in [0.15, 0.2) is 95.1 Å². The van der Waals surface area contributed by atoms with E-state index in [0.29, 0.717) is 70.2 Å². The molecule has 22 nitrogen and oxygen atoms in total. The third-order valence-electron chi connectivity index (χ3n) is 14.2. The van der Waals surface area contributed by atoms with Crippen molar-refractivity contribution >= 4 is 78.3 Å². The minimum atomic E-state index is -4.53. The molecule has 4 heterocycles. The summed E-state index contributed by atoms with van der Waals surface area (Å²) >= 11 is 2.66. The topological polar surface area (TPSA) is 303 Å². The van der Waals surface area contributed by atoms with Gasteiger partial charge in [-0.1, -0.05) is 18.2 Å². The molecular weight excluding hydrogens is 1200 g/mol. The summed E-state index contributed by atoms with van der Waals surface area (Å²) in [4.78, 5) is 70.5. The maximum atomic E-state index is 15.3. The minimum Gasteiger partial charge on any atom is -0.447 e. The SMILES string of the molecule is CC(C)OC(=O)N[C@H]1CC[C@H](c2ncc(-c3ccc(NC(=O)NCc4ccccn4)cc3S(=O)(=O)NC(C)(C)Cc3nc([C@H]4CC[C@H](NC(=O)OC(C)C)CC4)sc3-c3ccc(NC(=O)NCc4ncccc4F)cc3S(=O)(=O)NC(C)(C)C)s2)CC1. The molecule has 8 N–H and O–H groups in total. The van der Waals surface area contributed by atoms with Crippen LogP contribution in [0.4, 0.5) is 34.9 Å². The summed E-state index contributed by atoms with van der Waals surface area (Å²) in [5.41, 5.74) is -0.445. The number of alkyl carbamates (subject to hydrolysis) is 2. The number of nitrogens with one attached hydrogen (secondary N) is 8. The van der Waals surface area contributed by atoms with E-state index in [2.05, 4.69) is 51.3 Å². The highest BCUT2D eigenvalue weighted by molar-refractivity contribution is 7.90. The number of pyridine rings is 2. The summed E-state index contributed by atoms with van der Waals surface area (Å²) in [5.74, 6) is -0.673. The van der Waals surface area contributed by atoms with Gasteiger partial charge in [0.2, 0.25) is 20.0 Å². The Labute approximate surface area is 516 Å². The maximum Gasteiger partial charge on any atom is 0.407 e. The van der Waals surface area contributed by atoms with E-state index in [1.165, 1.54) is 59.2 Å². The molecule has 468 valence electrons. The Morgan fingerprint density at radius 3 is 1.71 bits per heavy atom. The summed E-state index contributed by atoms with van der Waals surface area (Å²) in [6.07, 6.45) is 8.42. The van der Waals surface area contributed by atoms with Crippen molar-refractivity contribution in [1.29, 1.82) is 0 Å². The zero-order valence-corrected chi connectivity index (χ0v) is 53.5. The second-order valence-electron chi connectivity index (χ2n) is 24.0. The number of sulfonamides is 2. The molecular formula is C60H77FN12O10S4.